The van der Waals surface area contributed by atoms with Gasteiger partial charge in [0.2, 0.25) is 0 Å². The molecule has 0 fully saturated rings. The highest BCUT2D eigenvalue weighted by Crippen LogP contribution is 2.42. The molecule has 0 saturated carbocycles. The van der Waals surface area contributed by atoms with E-state index in [1.54, 1.807) is 6.26 Å². The lowest BCUT2D eigenvalue weighted by atomic mass is 9.74. The first kappa shape index (κ1) is 28.0. The molecule has 176 valence electrons. The van der Waals surface area contributed by atoms with Crippen molar-refractivity contribution in [1.82, 2.24) is 0 Å². The number of thiol groups is 1. The number of ether oxygens (including phenoxy) is 1. The van der Waals surface area contributed by atoms with Crippen LogP contribution in [0.25, 0.3) is 0 Å². The van der Waals surface area contributed by atoms with E-state index in [2.05, 4.69) is 65.8 Å². The van der Waals surface area contributed by atoms with Crippen LogP contribution in [0.3, 0.4) is 0 Å². The summed E-state index contributed by atoms with van der Waals surface area (Å²) in [4.78, 5) is 1.05. The number of rotatable bonds is 11. The van der Waals surface area contributed by atoms with E-state index in [1.807, 2.05) is 13.0 Å². The zero-order valence-corrected chi connectivity index (χ0v) is 22.3. The molecule has 3 nitrogen and oxygen atoms in total. The van der Waals surface area contributed by atoms with E-state index in [-0.39, 0.29) is 22.9 Å². The summed E-state index contributed by atoms with van der Waals surface area (Å²) < 4.78 is 17.0. The lowest BCUT2D eigenvalue weighted by molar-refractivity contribution is 0.0565. The van der Waals surface area contributed by atoms with Crippen molar-refractivity contribution in [2.45, 2.75) is 85.7 Å². The van der Waals surface area contributed by atoms with Gasteiger partial charge in [0.25, 0.3) is 0 Å². The van der Waals surface area contributed by atoms with Crippen molar-refractivity contribution in [1.29, 1.82) is 0 Å². The number of aliphatic hydroxyl groups excluding tert-OH is 1. The summed E-state index contributed by atoms with van der Waals surface area (Å²) in [6.45, 7) is 14.7. The third-order valence-corrected chi connectivity index (χ3v) is 7.08. The van der Waals surface area contributed by atoms with Crippen molar-refractivity contribution < 1.29 is 14.1 Å². The highest BCUT2D eigenvalue weighted by molar-refractivity contribution is 7.84. The van der Waals surface area contributed by atoms with Crippen LogP contribution in [0.4, 0.5) is 0 Å². The Labute approximate surface area is 198 Å². The van der Waals surface area contributed by atoms with Gasteiger partial charge in [0.15, 0.2) is 5.94 Å². The number of aryl methyl sites for hydroxylation is 1. The van der Waals surface area contributed by atoms with Gasteiger partial charge in [-0.2, -0.15) is 0 Å². The monoisotopic (exact) mass is 466 g/mol. The summed E-state index contributed by atoms with van der Waals surface area (Å²) in [5, 5.41) is 10.3. The maximum Gasteiger partial charge on any atom is 0.162 e. The van der Waals surface area contributed by atoms with E-state index in [4.69, 9.17) is 17.4 Å². The van der Waals surface area contributed by atoms with Crippen molar-refractivity contribution in [3.8, 4) is 5.75 Å². The molecule has 2 atom stereocenters. The standard InChI is InChI=1S/C26H42O3S2/c1-9-26(10-2,21-14-15-22(20(4)17-21)29-18-31(8)28)24(30)16-19(3)12-11-13-23(27)25(5,6)7/h12,14-17,23,27,30H,9-11,13,18H2,1-8H3/b19-12+,24-16-. The van der Waals surface area contributed by atoms with Crippen LogP contribution in [0.15, 0.2) is 40.8 Å². The second-order valence-corrected chi connectivity index (χ2v) is 11.4. The van der Waals surface area contributed by atoms with Crippen LogP contribution in [0.1, 0.15) is 78.4 Å². The molecule has 1 N–H and O–H groups in total. The smallest absolute Gasteiger partial charge is 0.162 e. The van der Waals surface area contributed by atoms with Crippen LogP contribution in [0.2, 0.25) is 0 Å². The number of hydrogen-bond acceptors (Lipinski definition) is 4. The topological polar surface area (TPSA) is 46.5 Å². The molecule has 1 aromatic carbocycles. The molecule has 0 amide bonds. The minimum atomic E-state index is -0.991. The second-order valence-electron chi connectivity index (χ2n) is 9.54. The van der Waals surface area contributed by atoms with Crippen LogP contribution in [-0.4, -0.2) is 27.6 Å². The molecule has 31 heavy (non-hydrogen) atoms. The summed E-state index contributed by atoms with van der Waals surface area (Å²) in [7, 11) is -0.991. The average Bonchev–Trinajstić information content (AvgIpc) is 2.67. The van der Waals surface area contributed by atoms with Crippen molar-refractivity contribution in [3.05, 3.63) is 52.0 Å². The third kappa shape index (κ3) is 8.11. The molecule has 0 aromatic heterocycles. The first-order chi connectivity index (χ1) is 14.4. The average molecular weight is 467 g/mol. The zero-order chi connectivity index (χ0) is 23.8. The Kier molecular flexibility index (Phi) is 11.1. The summed E-state index contributed by atoms with van der Waals surface area (Å²) in [6, 6.07) is 6.26. The molecule has 5 heteroatoms. The van der Waals surface area contributed by atoms with Gasteiger partial charge in [0, 0.05) is 11.7 Å². The van der Waals surface area contributed by atoms with E-state index in [0.717, 1.165) is 41.9 Å². The normalized spacial score (nSPS) is 15.7. The SMILES string of the molecule is CCC(CC)(/C(S)=C/C(C)=C/CCC(O)C(C)(C)C)c1ccc(OCS(C)=O)c(C)c1. The summed E-state index contributed by atoms with van der Waals surface area (Å²) in [5.74, 6) is 0.983. The van der Waals surface area contributed by atoms with Crippen LogP contribution in [-0.2, 0) is 16.2 Å². The molecule has 0 aliphatic heterocycles. The fraction of sp³-hybridized carbons (Fsp3) is 0.615. The Balaban J connectivity index is 3.11. The van der Waals surface area contributed by atoms with Crippen molar-refractivity contribution in [2.75, 3.05) is 12.2 Å². The molecule has 0 aliphatic carbocycles. The number of aliphatic hydroxyl groups is 1. The lowest BCUT2D eigenvalue weighted by Crippen LogP contribution is -2.25. The minimum Gasteiger partial charge on any atom is -0.480 e. The lowest BCUT2D eigenvalue weighted by Gasteiger charge is -2.34. The number of allylic oxidation sites excluding steroid dienone is 4. The van der Waals surface area contributed by atoms with Gasteiger partial charge < -0.3 is 9.84 Å². The second kappa shape index (κ2) is 12.3. The molecule has 0 radical (unpaired) electrons. The summed E-state index contributed by atoms with van der Waals surface area (Å²) >= 11 is 4.96. The number of hydrogen-bond donors (Lipinski definition) is 2. The predicted octanol–water partition coefficient (Wildman–Crippen LogP) is 6.71. The van der Waals surface area contributed by atoms with E-state index in [1.165, 1.54) is 11.1 Å². The number of benzene rings is 1. The van der Waals surface area contributed by atoms with Gasteiger partial charge in [-0.25, -0.2) is 0 Å². The van der Waals surface area contributed by atoms with Gasteiger partial charge in [0.05, 0.1) is 16.9 Å². The Morgan fingerprint density at radius 3 is 2.35 bits per heavy atom. The summed E-state index contributed by atoms with van der Waals surface area (Å²) in [5.41, 5.74) is 3.17. The highest BCUT2D eigenvalue weighted by Gasteiger charge is 2.31. The van der Waals surface area contributed by atoms with Crippen LogP contribution in [0.5, 0.6) is 5.75 Å². The molecule has 0 bridgehead atoms. The van der Waals surface area contributed by atoms with Crippen molar-refractivity contribution >= 4 is 23.4 Å². The van der Waals surface area contributed by atoms with Gasteiger partial charge >= 0.3 is 0 Å². The maximum absolute atomic E-state index is 11.3. The Morgan fingerprint density at radius 2 is 1.87 bits per heavy atom. The molecule has 0 heterocycles. The Morgan fingerprint density at radius 1 is 1.26 bits per heavy atom. The van der Waals surface area contributed by atoms with E-state index >= 15 is 0 Å². The fourth-order valence-corrected chi connectivity index (χ4v) is 4.68. The molecule has 0 saturated heterocycles. The fourth-order valence-electron chi connectivity index (χ4n) is 3.74. The van der Waals surface area contributed by atoms with Gasteiger partial charge in [-0.3, -0.25) is 4.21 Å². The van der Waals surface area contributed by atoms with Crippen molar-refractivity contribution in [2.24, 2.45) is 5.41 Å². The van der Waals surface area contributed by atoms with Crippen LogP contribution in [0, 0.1) is 12.3 Å². The van der Waals surface area contributed by atoms with E-state index in [0.29, 0.717) is 0 Å². The van der Waals surface area contributed by atoms with Crippen LogP contribution < -0.4 is 4.74 Å². The third-order valence-electron chi connectivity index (χ3n) is 6.08. The minimum absolute atomic E-state index is 0.0915. The first-order valence-electron chi connectivity index (χ1n) is 11.2. The van der Waals surface area contributed by atoms with Gasteiger partial charge in [-0.15, -0.1) is 12.6 Å². The molecular weight excluding hydrogens is 424 g/mol. The Bertz CT molecular complexity index is 799. The molecular formula is C26H42O3S2. The Hall–Kier alpha value is -1.04. The summed E-state index contributed by atoms with van der Waals surface area (Å²) in [6.07, 6.45) is 9.16. The zero-order valence-electron chi connectivity index (χ0n) is 20.6. The highest BCUT2D eigenvalue weighted by atomic mass is 32.2. The van der Waals surface area contributed by atoms with Crippen molar-refractivity contribution in [3.63, 3.8) is 0 Å². The molecule has 2 unspecified atom stereocenters. The van der Waals surface area contributed by atoms with E-state index < -0.39 is 10.8 Å². The molecule has 1 aromatic rings. The first-order valence-corrected chi connectivity index (χ1v) is 13.3. The van der Waals surface area contributed by atoms with E-state index in [9.17, 15) is 9.32 Å². The quantitative estimate of drug-likeness (QED) is 0.281. The van der Waals surface area contributed by atoms with Gasteiger partial charge in [0.1, 0.15) is 5.75 Å². The largest absolute Gasteiger partial charge is 0.480 e. The maximum atomic E-state index is 11.3. The molecule has 1 rings (SSSR count). The molecule has 0 aliphatic rings. The van der Waals surface area contributed by atoms with Crippen LogP contribution >= 0.6 is 12.6 Å². The van der Waals surface area contributed by atoms with Gasteiger partial charge in [-0.1, -0.05) is 58.4 Å². The van der Waals surface area contributed by atoms with Gasteiger partial charge in [-0.05, 0) is 73.1 Å². The molecule has 0 spiro atoms. The predicted molar refractivity (Wildman–Crippen MR) is 139 cm³/mol.